The van der Waals surface area contributed by atoms with Crippen molar-refractivity contribution < 1.29 is 18.7 Å². The van der Waals surface area contributed by atoms with Crippen molar-refractivity contribution in [2.45, 2.75) is 6.42 Å². The fraction of sp³-hybridized carbons (Fsp3) is 0.133. The van der Waals surface area contributed by atoms with E-state index in [2.05, 4.69) is 10.3 Å². The first-order valence-corrected chi connectivity index (χ1v) is 7.22. The van der Waals surface area contributed by atoms with Crippen LogP contribution in [0.5, 0.6) is 0 Å². The second-order valence-electron chi connectivity index (χ2n) is 4.43. The zero-order chi connectivity index (χ0) is 16.8. The number of ether oxygens (including phenoxy) is 1. The normalized spacial score (nSPS) is 10.2. The van der Waals surface area contributed by atoms with Crippen LogP contribution in [0.4, 0.5) is 10.1 Å². The number of nitrogens with one attached hydrogen (secondary N) is 1. The summed E-state index contributed by atoms with van der Waals surface area (Å²) in [5.41, 5.74) is 0.322. The maximum Gasteiger partial charge on any atom is 0.310 e. The van der Waals surface area contributed by atoms with Gasteiger partial charge in [0.05, 0.1) is 12.1 Å². The standard InChI is InChI=1S/C15H11Cl2FN2O3/c16-10-3-1-4-11(18)9(10)7-14(22)23-8-13(21)20-12-5-2-6-19-15(12)17/h1-6H,7-8H2,(H,20,21). The van der Waals surface area contributed by atoms with Gasteiger partial charge < -0.3 is 10.1 Å². The molecule has 1 amide bonds. The van der Waals surface area contributed by atoms with Gasteiger partial charge in [0.1, 0.15) is 5.82 Å². The van der Waals surface area contributed by atoms with Crippen LogP contribution in [0, 0.1) is 5.82 Å². The van der Waals surface area contributed by atoms with Gasteiger partial charge in [-0.3, -0.25) is 9.59 Å². The van der Waals surface area contributed by atoms with Crippen LogP contribution in [0.25, 0.3) is 0 Å². The Labute approximate surface area is 141 Å². The molecule has 0 aliphatic carbocycles. The summed E-state index contributed by atoms with van der Waals surface area (Å²) in [6.45, 7) is -0.532. The molecule has 23 heavy (non-hydrogen) atoms. The first-order chi connectivity index (χ1) is 11.0. The lowest BCUT2D eigenvalue weighted by molar-refractivity contribution is -0.146. The molecule has 2 rings (SSSR count). The number of nitrogens with zero attached hydrogens (tertiary/aromatic N) is 1. The number of halogens is 3. The molecule has 0 atom stereocenters. The molecule has 1 aromatic carbocycles. The zero-order valence-corrected chi connectivity index (χ0v) is 13.2. The van der Waals surface area contributed by atoms with Gasteiger partial charge in [-0.15, -0.1) is 0 Å². The molecule has 120 valence electrons. The van der Waals surface area contributed by atoms with Gasteiger partial charge in [-0.2, -0.15) is 0 Å². The van der Waals surface area contributed by atoms with Crippen LogP contribution in [0.1, 0.15) is 5.56 Å². The van der Waals surface area contributed by atoms with E-state index < -0.39 is 24.3 Å². The molecule has 0 radical (unpaired) electrons. The molecule has 1 N–H and O–H groups in total. The fourth-order valence-corrected chi connectivity index (χ4v) is 2.10. The molecular formula is C15H11Cl2FN2O3. The Kier molecular flexibility index (Phi) is 5.90. The van der Waals surface area contributed by atoms with Crippen molar-refractivity contribution in [1.29, 1.82) is 0 Å². The smallest absolute Gasteiger partial charge is 0.310 e. The monoisotopic (exact) mass is 356 g/mol. The lowest BCUT2D eigenvalue weighted by atomic mass is 10.1. The molecule has 0 spiro atoms. The molecular weight excluding hydrogens is 346 g/mol. The number of benzene rings is 1. The molecule has 0 aliphatic rings. The quantitative estimate of drug-likeness (QED) is 0.659. The molecule has 0 saturated heterocycles. The number of amides is 1. The summed E-state index contributed by atoms with van der Waals surface area (Å²) < 4.78 is 18.3. The van der Waals surface area contributed by atoms with E-state index >= 15 is 0 Å². The Morgan fingerprint density at radius 2 is 2.00 bits per heavy atom. The predicted octanol–water partition coefficient (Wildman–Crippen LogP) is 3.25. The molecule has 2 aromatic rings. The maximum absolute atomic E-state index is 13.5. The average Bonchev–Trinajstić information content (AvgIpc) is 2.51. The van der Waals surface area contributed by atoms with Gasteiger partial charge >= 0.3 is 5.97 Å². The summed E-state index contributed by atoms with van der Waals surface area (Å²) in [7, 11) is 0. The zero-order valence-electron chi connectivity index (χ0n) is 11.7. The highest BCUT2D eigenvalue weighted by Gasteiger charge is 2.14. The third-order valence-corrected chi connectivity index (χ3v) is 3.44. The maximum atomic E-state index is 13.5. The molecule has 8 heteroatoms. The highest BCUT2D eigenvalue weighted by Crippen LogP contribution is 2.20. The van der Waals surface area contributed by atoms with Gasteiger partial charge in [0.2, 0.25) is 0 Å². The number of rotatable bonds is 5. The van der Waals surface area contributed by atoms with Crippen LogP contribution < -0.4 is 5.32 Å². The minimum absolute atomic E-state index is 0.0230. The highest BCUT2D eigenvalue weighted by molar-refractivity contribution is 6.32. The van der Waals surface area contributed by atoms with Crippen molar-refractivity contribution in [3.8, 4) is 0 Å². The minimum Gasteiger partial charge on any atom is -0.455 e. The summed E-state index contributed by atoms with van der Waals surface area (Å²) >= 11 is 11.6. The third-order valence-electron chi connectivity index (χ3n) is 2.78. The summed E-state index contributed by atoms with van der Waals surface area (Å²) in [5, 5.41) is 2.68. The Hall–Kier alpha value is -2.18. The molecule has 1 heterocycles. The number of esters is 1. The largest absolute Gasteiger partial charge is 0.455 e. The van der Waals surface area contributed by atoms with Gasteiger partial charge in [-0.25, -0.2) is 9.37 Å². The van der Waals surface area contributed by atoms with E-state index in [0.717, 1.165) is 0 Å². The number of anilines is 1. The molecule has 1 aromatic heterocycles. The van der Waals surface area contributed by atoms with Crippen molar-refractivity contribution >= 4 is 40.8 Å². The van der Waals surface area contributed by atoms with E-state index in [1.807, 2.05) is 0 Å². The van der Waals surface area contributed by atoms with Crippen molar-refractivity contribution in [3.63, 3.8) is 0 Å². The molecule has 0 unspecified atom stereocenters. The number of carbonyl (C=O) groups is 2. The Morgan fingerprint density at radius 3 is 2.70 bits per heavy atom. The van der Waals surface area contributed by atoms with Gasteiger partial charge in [0.25, 0.3) is 5.91 Å². The van der Waals surface area contributed by atoms with Crippen LogP contribution in [-0.4, -0.2) is 23.5 Å². The second-order valence-corrected chi connectivity index (χ2v) is 5.19. The number of hydrogen-bond donors (Lipinski definition) is 1. The fourth-order valence-electron chi connectivity index (χ4n) is 1.71. The molecule has 0 fully saturated rings. The van der Waals surface area contributed by atoms with Gasteiger partial charge in [0, 0.05) is 16.8 Å². The molecule has 5 nitrogen and oxygen atoms in total. The van der Waals surface area contributed by atoms with Gasteiger partial charge in [-0.1, -0.05) is 29.3 Å². The van der Waals surface area contributed by atoms with Crippen LogP contribution in [-0.2, 0) is 20.7 Å². The van der Waals surface area contributed by atoms with Crippen LogP contribution in [0.2, 0.25) is 10.2 Å². The van der Waals surface area contributed by atoms with E-state index in [1.165, 1.54) is 24.4 Å². The molecule has 0 aliphatic heterocycles. The highest BCUT2D eigenvalue weighted by atomic mass is 35.5. The van der Waals surface area contributed by atoms with E-state index in [4.69, 9.17) is 27.9 Å². The summed E-state index contributed by atoms with van der Waals surface area (Å²) in [5.74, 6) is -1.97. The van der Waals surface area contributed by atoms with Crippen LogP contribution in [0.15, 0.2) is 36.5 Å². The Balaban J connectivity index is 1.87. The summed E-state index contributed by atoms with van der Waals surface area (Å²) in [6, 6.07) is 7.22. The minimum atomic E-state index is -0.774. The van der Waals surface area contributed by atoms with Crippen molar-refractivity contribution in [1.82, 2.24) is 4.98 Å². The first-order valence-electron chi connectivity index (χ1n) is 6.46. The summed E-state index contributed by atoms with van der Waals surface area (Å²) in [4.78, 5) is 27.1. The number of carbonyl (C=O) groups excluding carboxylic acids is 2. The first kappa shape index (κ1) is 17.2. The third kappa shape index (κ3) is 4.91. The lowest BCUT2D eigenvalue weighted by Gasteiger charge is -2.08. The van der Waals surface area contributed by atoms with E-state index in [0.29, 0.717) is 5.69 Å². The van der Waals surface area contributed by atoms with Crippen LogP contribution in [0.3, 0.4) is 0 Å². The van der Waals surface area contributed by atoms with E-state index in [9.17, 15) is 14.0 Å². The van der Waals surface area contributed by atoms with E-state index in [1.54, 1.807) is 12.1 Å². The van der Waals surface area contributed by atoms with Gasteiger partial charge in [0.15, 0.2) is 11.8 Å². The SMILES string of the molecule is O=C(COC(=O)Cc1c(F)cccc1Cl)Nc1cccnc1Cl. The van der Waals surface area contributed by atoms with Crippen LogP contribution >= 0.6 is 23.2 Å². The van der Waals surface area contributed by atoms with Crippen molar-refractivity contribution in [3.05, 3.63) is 58.1 Å². The van der Waals surface area contributed by atoms with E-state index in [-0.39, 0.29) is 22.2 Å². The lowest BCUT2D eigenvalue weighted by Crippen LogP contribution is -2.22. The molecule has 0 saturated carbocycles. The second kappa shape index (κ2) is 7.89. The van der Waals surface area contributed by atoms with Gasteiger partial charge in [-0.05, 0) is 24.3 Å². The number of hydrogen-bond acceptors (Lipinski definition) is 4. The van der Waals surface area contributed by atoms with Crippen molar-refractivity contribution in [2.75, 3.05) is 11.9 Å². The Morgan fingerprint density at radius 1 is 1.22 bits per heavy atom. The predicted molar refractivity (Wildman–Crippen MR) is 83.9 cm³/mol. The average molecular weight is 357 g/mol. The Bertz CT molecular complexity index is 720. The molecule has 0 bridgehead atoms. The topological polar surface area (TPSA) is 68.3 Å². The van der Waals surface area contributed by atoms with Crippen molar-refractivity contribution in [2.24, 2.45) is 0 Å². The number of aromatic nitrogens is 1. The summed E-state index contributed by atoms with van der Waals surface area (Å²) in [6.07, 6.45) is 1.10. The number of pyridine rings is 1.